The fourth-order valence-corrected chi connectivity index (χ4v) is 2.46. The van der Waals surface area contributed by atoms with E-state index < -0.39 is 0 Å². The minimum atomic E-state index is 0.302. The molecule has 20 heavy (non-hydrogen) atoms. The summed E-state index contributed by atoms with van der Waals surface area (Å²) in [5, 5.41) is 12.0. The Kier molecular flexibility index (Phi) is 4.55. The van der Waals surface area contributed by atoms with Crippen molar-refractivity contribution >= 4 is 0 Å². The maximum Gasteiger partial charge on any atom is 0.146 e. The molecular weight excluding hydrogens is 248 g/mol. The van der Waals surface area contributed by atoms with Crippen LogP contribution < -0.4 is 5.32 Å². The van der Waals surface area contributed by atoms with E-state index in [0.717, 1.165) is 24.6 Å². The molecule has 1 N–H and O–H groups in total. The van der Waals surface area contributed by atoms with Gasteiger partial charge in [0, 0.05) is 19.5 Å². The van der Waals surface area contributed by atoms with Crippen LogP contribution in [-0.2, 0) is 20.0 Å². The van der Waals surface area contributed by atoms with Crippen molar-refractivity contribution in [2.75, 3.05) is 0 Å². The fourth-order valence-electron chi connectivity index (χ4n) is 2.46. The SMILES string of the molecule is CCc1nnc(CNC(C)c2cccc(C)c2C)n1C. The Balaban J connectivity index is 2.06. The molecule has 0 bridgehead atoms. The predicted octanol–water partition coefficient (Wildman–Crippen LogP) is 2.85. The smallest absolute Gasteiger partial charge is 0.146 e. The quantitative estimate of drug-likeness (QED) is 0.910. The Morgan fingerprint density at radius 3 is 2.55 bits per heavy atom. The molecule has 2 aromatic rings. The lowest BCUT2D eigenvalue weighted by Gasteiger charge is -2.17. The molecule has 1 atom stereocenters. The zero-order valence-corrected chi connectivity index (χ0v) is 13.1. The molecule has 4 nitrogen and oxygen atoms in total. The zero-order valence-electron chi connectivity index (χ0n) is 13.1. The average molecular weight is 272 g/mol. The molecule has 1 unspecified atom stereocenters. The molecular formula is C16H24N4. The Bertz CT molecular complexity index is 586. The molecule has 4 heteroatoms. The number of nitrogens with zero attached hydrogens (tertiary/aromatic N) is 3. The predicted molar refractivity (Wildman–Crippen MR) is 81.6 cm³/mol. The molecule has 0 spiro atoms. The summed E-state index contributed by atoms with van der Waals surface area (Å²) >= 11 is 0. The van der Waals surface area contributed by atoms with Crippen molar-refractivity contribution in [3.05, 3.63) is 46.5 Å². The highest BCUT2D eigenvalue weighted by molar-refractivity contribution is 5.35. The average Bonchev–Trinajstić information content (AvgIpc) is 2.79. The molecule has 0 aliphatic heterocycles. The van der Waals surface area contributed by atoms with E-state index in [2.05, 4.69) is 66.0 Å². The first kappa shape index (κ1) is 14.7. The minimum absolute atomic E-state index is 0.302. The van der Waals surface area contributed by atoms with Gasteiger partial charge in [0.05, 0.1) is 6.54 Å². The van der Waals surface area contributed by atoms with Crippen LogP contribution in [0.5, 0.6) is 0 Å². The molecule has 108 valence electrons. The van der Waals surface area contributed by atoms with Gasteiger partial charge in [-0.1, -0.05) is 25.1 Å². The molecule has 0 radical (unpaired) electrons. The number of nitrogens with one attached hydrogen (secondary N) is 1. The second-order valence-corrected chi connectivity index (χ2v) is 5.34. The summed E-state index contributed by atoms with van der Waals surface area (Å²) in [7, 11) is 2.03. The summed E-state index contributed by atoms with van der Waals surface area (Å²) in [6.07, 6.45) is 0.913. The first-order valence-electron chi connectivity index (χ1n) is 7.21. The number of hydrogen-bond donors (Lipinski definition) is 1. The largest absolute Gasteiger partial charge is 0.317 e. The van der Waals surface area contributed by atoms with Gasteiger partial charge in [-0.05, 0) is 37.5 Å². The van der Waals surface area contributed by atoms with Crippen LogP contribution in [-0.4, -0.2) is 14.8 Å². The van der Waals surface area contributed by atoms with E-state index in [0.29, 0.717) is 6.04 Å². The molecule has 0 saturated heterocycles. The van der Waals surface area contributed by atoms with Gasteiger partial charge in [0.1, 0.15) is 11.6 Å². The van der Waals surface area contributed by atoms with Crippen LogP contribution in [0.25, 0.3) is 0 Å². The molecule has 1 aromatic heterocycles. The third-order valence-corrected chi connectivity index (χ3v) is 4.05. The highest BCUT2D eigenvalue weighted by atomic mass is 15.3. The van der Waals surface area contributed by atoms with Crippen LogP contribution in [0.4, 0.5) is 0 Å². The third kappa shape index (κ3) is 2.90. The minimum Gasteiger partial charge on any atom is -0.317 e. The number of aryl methyl sites for hydroxylation is 2. The van der Waals surface area contributed by atoms with Gasteiger partial charge in [-0.2, -0.15) is 0 Å². The number of rotatable bonds is 5. The van der Waals surface area contributed by atoms with Crippen LogP contribution >= 0.6 is 0 Å². The molecule has 0 aliphatic rings. The Morgan fingerprint density at radius 2 is 1.90 bits per heavy atom. The summed E-state index contributed by atoms with van der Waals surface area (Å²) in [6.45, 7) is 9.36. The normalized spacial score (nSPS) is 12.7. The third-order valence-electron chi connectivity index (χ3n) is 4.05. The highest BCUT2D eigenvalue weighted by Crippen LogP contribution is 2.20. The molecule has 2 rings (SSSR count). The molecule has 0 fully saturated rings. The fraction of sp³-hybridized carbons (Fsp3) is 0.500. The standard InChI is InChI=1S/C16H24N4/c1-6-15-18-19-16(20(15)5)10-17-13(4)14-9-7-8-11(2)12(14)3/h7-9,13,17H,6,10H2,1-5H3. The van der Waals surface area contributed by atoms with Gasteiger partial charge in [0.25, 0.3) is 0 Å². The van der Waals surface area contributed by atoms with Crippen molar-refractivity contribution in [1.82, 2.24) is 20.1 Å². The Hall–Kier alpha value is -1.68. The molecule has 0 aliphatic carbocycles. The summed E-state index contributed by atoms with van der Waals surface area (Å²) in [4.78, 5) is 0. The summed E-state index contributed by atoms with van der Waals surface area (Å²) in [6, 6.07) is 6.76. The second kappa shape index (κ2) is 6.18. The maximum absolute atomic E-state index is 4.24. The highest BCUT2D eigenvalue weighted by Gasteiger charge is 2.11. The van der Waals surface area contributed by atoms with Gasteiger partial charge in [-0.15, -0.1) is 10.2 Å². The monoisotopic (exact) mass is 272 g/mol. The lowest BCUT2D eigenvalue weighted by molar-refractivity contribution is 0.544. The van der Waals surface area contributed by atoms with E-state index in [4.69, 9.17) is 0 Å². The van der Waals surface area contributed by atoms with Gasteiger partial charge in [0.2, 0.25) is 0 Å². The first-order chi connectivity index (χ1) is 9.54. The Labute approximate surface area is 121 Å². The molecule has 1 aromatic carbocycles. The second-order valence-electron chi connectivity index (χ2n) is 5.34. The van der Waals surface area contributed by atoms with Crippen molar-refractivity contribution in [2.45, 2.75) is 46.7 Å². The number of benzene rings is 1. The van der Waals surface area contributed by atoms with Crippen molar-refractivity contribution in [2.24, 2.45) is 7.05 Å². The topological polar surface area (TPSA) is 42.7 Å². The first-order valence-corrected chi connectivity index (χ1v) is 7.21. The van der Waals surface area contributed by atoms with Gasteiger partial charge < -0.3 is 9.88 Å². The van der Waals surface area contributed by atoms with E-state index in [1.54, 1.807) is 0 Å². The van der Waals surface area contributed by atoms with Gasteiger partial charge in [-0.25, -0.2) is 0 Å². The van der Waals surface area contributed by atoms with Crippen molar-refractivity contribution < 1.29 is 0 Å². The zero-order chi connectivity index (χ0) is 14.7. The van der Waals surface area contributed by atoms with Gasteiger partial charge >= 0.3 is 0 Å². The van der Waals surface area contributed by atoms with Crippen LogP contribution in [0.3, 0.4) is 0 Å². The summed E-state index contributed by atoms with van der Waals surface area (Å²) < 4.78 is 2.07. The number of aromatic nitrogens is 3. The molecule has 0 saturated carbocycles. The van der Waals surface area contributed by atoms with Crippen molar-refractivity contribution in [3.8, 4) is 0 Å². The van der Waals surface area contributed by atoms with Crippen LogP contribution in [0.1, 0.15) is 48.2 Å². The summed E-state index contributed by atoms with van der Waals surface area (Å²) in [5.74, 6) is 2.01. The van der Waals surface area contributed by atoms with Crippen molar-refractivity contribution in [3.63, 3.8) is 0 Å². The number of hydrogen-bond acceptors (Lipinski definition) is 3. The Morgan fingerprint density at radius 1 is 1.20 bits per heavy atom. The lowest BCUT2D eigenvalue weighted by atomic mass is 9.98. The van der Waals surface area contributed by atoms with Crippen LogP contribution in [0, 0.1) is 13.8 Å². The van der Waals surface area contributed by atoms with E-state index in [-0.39, 0.29) is 0 Å². The lowest BCUT2D eigenvalue weighted by Crippen LogP contribution is -2.21. The van der Waals surface area contributed by atoms with Crippen molar-refractivity contribution in [1.29, 1.82) is 0 Å². The van der Waals surface area contributed by atoms with E-state index in [1.807, 2.05) is 7.05 Å². The van der Waals surface area contributed by atoms with Crippen LogP contribution in [0.2, 0.25) is 0 Å². The van der Waals surface area contributed by atoms with E-state index in [1.165, 1.54) is 16.7 Å². The van der Waals surface area contributed by atoms with Gasteiger partial charge in [0.15, 0.2) is 0 Å². The van der Waals surface area contributed by atoms with Crippen LogP contribution in [0.15, 0.2) is 18.2 Å². The molecule has 0 amide bonds. The summed E-state index contributed by atoms with van der Waals surface area (Å²) in [5.41, 5.74) is 4.05. The van der Waals surface area contributed by atoms with E-state index >= 15 is 0 Å². The maximum atomic E-state index is 4.24. The van der Waals surface area contributed by atoms with E-state index in [9.17, 15) is 0 Å². The molecule has 1 heterocycles. The van der Waals surface area contributed by atoms with Gasteiger partial charge in [-0.3, -0.25) is 0 Å².